The molecule has 0 spiro atoms. The Hall–Kier alpha value is -1.94. The maximum absolute atomic E-state index is 11.1. The van der Waals surface area contributed by atoms with Gasteiger partial charge in [-0.25, -0.2) is 9.78 Å². The Balaban J connectivity index is 2.25. The van der Waals surface area contributed by atoms with E-state index >= 15 is 0 Å². The third-order valence-electron chi connectivity index (χ3n) is 3.01. The topological polar surface area (TPSA) is 39.2 Å². The Morgan fingerprint density at radius 1 is 1.35 bits per heavy atom. The Bertz CT molecular complexity index is 626. The molecular weight excluding hydrogens is 270 g/mol. The second-order valence-corrected chi connectivity index (χ2v) is 5.41. The van der Waals surface area contributed by atoms with Crippen LogP contribution in [0.2, 0.25) is 0 Å². The molecule has 0 aliphatic rings. The summed E-state index contributed by atoms with van der Waals surface area (Å²) < 4.78 is 4.59. The van der Waals surface area contributed by atoms with Crippen LogP contribution in [0, 0.1) is 6.92 Å². The molecule has 4 heteroatoms. The third-order valence-corrected chi connectivity index (χ3v) is 4.19. The van der Waals surface area contributed by atoms with Gasteiger partial charge in [-0.15, -0.1) is 11.3 Å². The van der Waals surface area contributed by atoms with E-state index in [2.05, 4.69) is 40.9 Å². The molecular formula is C16H17NO2S. The number of thiazole rings is 1. The van der Waals surface area contributed by atoms with Gasteiger partial charge in [-0.05, 0) is 25.0 Å². The lowest BCUT2D eigenvalue weighted by molar-refractivity contribution is -0.134. The van der Waals surface area contributed by atoms with Gasteiger partial charge in [0.05, 0.1) is 17.7 Å². The Morgan fingerprint density at radius 3 is 2.65 bits per heavy atom. The van der Waals surface area contributed by atoms with Crippen molar-refractivity contribution in [3.05, 3.63) is 46.5 Å². The fourth-order valence-electron chi connectivity index (χ4n) is 1.78. The SMILES string of the molecule is CCc1ccc(-c2nc(C)c(/C=C/C(=O)OC)s2)cc1. The molecule has 0 saturated carbocycles. The number of aromatic nitrogens is 1. The van der Waals surface area contributed by atoms with Crippen molar-refractivity contribution in [2.75, 3.05) is 7.11 Å². The average Bonchev–Trinajstić information content (AvgIpc) is 2.86. The number of rotatable bonds is 4. The van der Waals surface area contributed by atoms with E-state index in [1.807, 2.05) is 6.92 Å². The van der Waals surface area contributed by atoms with Crippen LogP contribution in [-0.4, -0.2) is 18.1 Å². The zero-order valence-electron chi connectivity index (χ0n) is 11.8. The van der Waals surface area contributed by atoms with Gasteiger partial charge in [0, 0.05) is 11.6 Å². The summed E-state index contributed by atoms with van der Waals surface area (Å²) >= 11 is 1.57. The molecule has 0 saturated heterocycles. The molecule has 1 heterocycles. The molecule has 2 aromatic rings. The lowest BCUT2D eigenvalue weighted by Crippen LogP contribution is -1.93. The molecule has 2 rings (SSSR count). The van der Waals surface area contributed by atoms with Crippen LogP contribution in [0.4, 0.5) is 0 Å². The monoisotopic (exact) mass is 287 g/mol. The van der Waals surface area contributed by atoms with Crippen LogP contribution in [0.25, 0.3) is 16.6 Å². The van der Waals surface area contributed by atoms with E-state index in [9.17, 15) is 4.79 Å². The van der Waals surface area contributed by atoms with E-state index in [1.165, 1.54) is 18.7 Å². The first-order valence-electron chi connectivity index (χ1n) is 6.46. The van der Waals surface area contributed by atoms with Gasteiger partial charge in [-0.3, -0.25) is 0 Å². The number of benzene rings is 1. The van der Waals surface area contributed by atoms with E-state index in [0.29, 0.717) is 0 Å². The van der Waals surface area contributed by atoms with Crippen molar-refractivity contribution in [2.45, 2.75) is 20.3 Å². The lowest BCUT2D eigenvalue weighted by atomic mass is 10.1. The number of esters is 1. The van der Waals surface area contributed by atoms with Gasteiger partial charge in [0.2, 0.25) is 0 Å². The summed E-state index contributed by atoms with van der Waals surface area (Å²) in [7, 11) is 1.37. The van der Waals surface area contributed by atoms with Crippen molar-refractivity contribution in [3.63, 3.8) is 0 Å². The second kappa shape index (κ2) is 6.48. The molecule has 0 amide bonds. The van der Waals surface area contributed by atoms with Crippen molar-refractivity contribution in [1.82, 2.24) is 4.98 Å². The predicted molar refractivity (Wildman–Crippen MR) is 82.7 cm³/mol. The minimum absolute atomic E-state index is 0.355. The number of carbonyl (C=O) groups excluding carboxylic acids is 1. The summed E-state index contributed by atoms with van der Waals surface area (Å²) in [6.07, 6.45) is 4.21. The number of aryl methyl sites for hydroxylation is 2. The highest BCUT2D eigenvalue weighted by Gasteiger charge is 2.07. The molecule has 0 unspecified atom stereocenters. The maximum Gasteiger partial charge on any atom is 0.330 e. The van der Waals surface area contributed by atoms with Gasteiger partial charge in [-0.1, -0.05) is 31.2 Å². The minimum Gasteiger partial charge on any atom is -0.466 e. The van der Waals surface area contributed by atoms with Crippen LogP contribution in [0.3, 0.4) is 0 Å². The highest BCUT2D eigenvalue weighted by molar-refractivity contribution is 7.16. The fraction of sp³-hybridized carbons (Fsp3) is 0.250. The van der Waals surface area contributed by atoms with Crippen molar-refractivity contribution < 1.29 is 9.53 Å². The number of hydrogen-bond acceptors (Lipinski definition) is 4. The summed E-state index contributed by atoms with van der Waals surface area (Å²) in [5, 5.41) is 0.967. The van der Waals surface area contributed by atoms with Gasteiger partial charge in [0.15, 0.2) is 0 Å². The lowest BCUT2D eigenvalue weighted by Gasteiger charge is -1.98. The number of carbonyl (C=O) groups is 1. The highest BCUT2D eigenvalue weighted by Crippen LogP contribution is 2.29. The van der Waals surface area contributed by atoms with Crippen LogP contribution < -0.4 is 0 Å². The zero-order valence-corrected chi connectivity index (χ0v) is 12.7. The minimum atomic E-state index is -0.355. The predicted octanol–water partition coefficient (Wildman–Crippen LogP) is 3.87. The van der Waals surface area contributed by atoms with Crippen molar-refractivity contribution in [1.29, 1.82) is 0 Å². The Morgan fingerprint density at radius 2 is 2.05 bits per heavy atom. The largest absolute Gasteiger partial charge is 0.466 e. The molecule has 20 heavy (non-hydrogen) atoms. The number of methoxy groups -OCH3 is 1. The smallest absolute Gasteiger partial charge is 0.330 e. The van der Waals surface area contributed by atoms with E-state index < -0.39 is 0 Å². The van der Waals surface area contributed by atoms with Crippen molar-refractivity contribution in [3.8, 4) is 10.6 Å². The number of nitrogens with zero attached hydrogens (tertiary/aromatic N) is 1. The number of ether oxygens (including phenoxy) is 1. The number of hydrogen-bond donors (Lipinski definition) is 0. The molecule has 0 aliphatic heterocycles. The molecule has 0 N–H and O–H groups in total. The van der Waals surface area contributed by atoms with E-state index in [0.717, 1.165) is 27.6 Å². The second-order valence-electron chi connectivity index (χ2n) is 4.38. The summed E-state index contributed by atoms with van der Waals surface area (Å²) in [5.41, 5.74) is 3.34. The quantitative estimate of drug-likeness (QED) is 0.633. The first-order chi connectivity index (χ1) is 9.63. The first kappa shape index (κ1) is 14.5. The third kappa shape index (κ3) is 3.33. The molecule has 0 fully saturated rings. The van der Waals surface area contributed by atoms with Crippen LogP contribution in [0.15, 0.2) is 30.3 Å². The molecule has 3 nitrogen and oxygen atoms in total. The molecule has 104 valence electrons. The molecule has 1 aromatic heterocycles. The van der Waals surface area contributed by atoms with Crippen molar-refractivity contribution >= 4 is 23.4 Å². The summed E-state index contributed by atoms with van der Waals surface area (Å²) in [6.45, 7) is 4.08. The van der Waals surface area contributed by atoms with E-state index in [1.54, 1.807) is 17.4 Å². The van der Waals surface area contributed by atoms with E-state index in [4.69, 9.17) is 0 Å². The average molecular weight is 287 g/mol. The van der Waals surface area contributed by atoms with Gasteiger partial charge in [0.1, 0.15) is 5.01 Å². The molecule has 0 radical (unpaired) electrons. The van der Waals surface area contributed by atoms with Gasteiger partial charge in [0.25, 0.3) is 0 Å². The molecule has 1 aromatic carbocycles. The van der Waals surface area contributed by atoms with Crippen LogP contribution >= 0.6 is 11.3 Å². The van der Waals surface area contributed by atoms with Crippen molar-refractivity contribution in [2.24, 2.45) is 0 Å². The van der Waals surface area contributed by atoms with Gasteiger partial charge < -0.3 is 4.74 Å². The van der Waals surface area contributed by atoms with Crippen LogP contribution in [0.1, 0.15) is 23.1 Å². The first-order valence-corrected chi connectivity index (χ1v) is 7.28. The Kier molecular flexibility index (Phi) is 4.69. The molecule has 0 bridgehead atoms. The maximum atomic E-state index is 11.1. The summed E-state index contributed by atoms with van der Waals surface area (Å²) in [5.74, 6) is -0.355. The van der Waals surface area contributed by atoms with Gasteiger partial charge >= 0.3 is 5.97 Å². The summed E-state index contributed by atoms with van der Waals surface area (Å²) in [6, 6.07) is 8.42. The standard InChI is InChI=1S/C16H17NO2S/c1-4-12-5-7-13(8-6-12)16-17-11(2)14(20-16)9-10-15(18)19-3/h5-10H,4H2,1-3H3/b10-9+. The molecule has 0 aliphatic carbocycles. The summed E-state index contributed by atoms with van der Waals surface area (Å²) in [4.78, 5) is 16.7. The normalized spacial score (nSPS) is 10.9. The van der Waals surface area contributed by atoms with Gasteiger partial charge in [-0.2, -0.15) is 0 Å². The fourth-order valence-corrected chi connectivity index (χ4v) is 2.76. The Labute approximate surface area is 122 Å². The highest BCUT2D eigenvalue weighted by atomic mass is 32.1. The zero-order chi connectivity index (χ0) is 14.5. The van der Waals surface area contributed by atoms with Crippen LogP contribution in [0.5, 0.6) is 0 Å². The van der Waals surface area contributed by atoms with E-state index in [-0.39, 0.29) is 5.97 Å². The van der Waals surface area contributed by atoms with Crippen LogP contribution in [-0.2, 0) is 16.0 Å². The molecule has 0 atom stereocenters.